The first-order chi connectivity index (χ1) is 15.6. The number of hydrogen-bond acceptors (Lipinski definition) is 9. The van der Waals surface area contributed by atoms with Gasteiger partial charge in [0.1, 0.15) is 5.82 Å². The van der Waals surface area contributed by atoms with Crippen LogP contribution in [0.25, 0.3) is 10.9 Å². The summed E-state index contributed by atoms with van der Waals surface area (Å²) in [5.41, 5.74) is 9.42. The number of aromatic nitrogens is 1. The number of carbonyl (C=O) groups excluding carboxylic acids is 3. The summed E-state index contributed by atoms with van der Waals surface area (Å²) in [6.07, 6.45) is 2.81. The zero-order chi connectivity index (χ0) is 24.3. The molecule has 0 spiro atoms. The molecule has 1 aliphatic heterocycles. The van der Waals surface area contributed by atoms with E-state index in [-0.39, 0.29) is 41.9 Å². The molecule has 1 saturated heterocycles. The van der Waals surface area contributed by atoms with Crippen LogP contribution >= 0.6 is 0 Å². The van der Waals surface area contributed by atoms with E-state index in [4.69, 9.17) is 5.73 Å². The number of halogens is 1. The Morgan fingerprint density at radius 3 is 2.23 bits per heavy atom. The van der Waals surface area contributed by atoms with Crippen LogP contribution in [0.5, 0.6) is 0 Å². The molecule has 1 aliphatic carbocycles. The molecule has 1 aromatic heterocycles. The smallest absolute Gasteiger partial charge is 2.00 e. The second kappa shape index (κ2) is 12.7. The molecule has 0 unspecified atom stereocenters. The summed E-state index contributed by atoms with van der Waals surface area (Å²) in [6.45, 7) is 2.92. The number of primary amides is 1. The van der Waals surface area contributed by atoms with E-state index in [1.807, 2.05) is 4.90 Å². The van der Waals surface area contributed by atoms with Crippen molar-refractivity contribution < 1.29 is 53.0 Å². The molecule has 2 fully saturated rings. The molecule has 5 N–H and O–H groups in total. The minimum atomic E-state index is -1.53. The summed E-state index contributed by atoms with van der Waals surface area (Å²) in [5, 5.41) is 24.3. The first kappa shape index (κ1) is 30.1. The average Bonchev–Trinajstić information content (AvgIpc) is 3.59. The van der Waals surface area contributed by atoms with E-state index in [9.17, 15) is 33.8 Å². The number of aromatic carboxylic acids is 1. The SMILES string of the molecule is NC(=O)C[C@H](N)C(=O)[O-].O=C([O-])c1cn(C2CC2)c2cc(N3CCNCC3)c(F)cc2c1=O.[O-2].[V+4]. The van der Waals surface area contributed by atoms with E-state index in [0.717, 1.165) is 25.9 Å². The Bertz CT molecular complexity index is 1150. The third-order valence-electron chi connectivity index (χ3n) is 5.44. The van der Waals surface area contributed by atoms with Crippen LogP contribution in [0.3, 0.4) is 0 Å². The number of carbonyl (C=O) groups is 3. The first-order valence-electron chi connectivity index (χ1n) is 10.4. The van der Waals surface area contributed by atoms with E-state index in [0.29, 0.717) is 24.3 Å². The molecule has 187 valence electrons. The van der Waals surface area contributed by atoms with Crippen molar-refractivity contribution in [3.05, 3.63) is 39.9 Å². The molecule has 4 rings (SSSR count). The number of hydrogen-bond donors (Lipinski definition) is 3. The van der Waals surface area contributed by atoms with Gasteiger partial charge < -0.3 is 51.5 Å². The third-order valence-corrected chi connectivity index (χ3v) is 5.44. The quantitative estimate of drug-likeness (QED) is 0.349. The van der Waals surface area contributed by atoms with Crippen molar-refractivity contribution in [1.82, 2.24) is 9.88 Å². The maximum absolute atomic E-state index is 14.6. The topological polar surface area (TPSA) is 215 Å². The Labute approximate surface area is 211 Å². The van der Waals surface area contributed by atoms with Gasteiger partial charge in [-0.2, -0.15) is 0 Å². The molecule has 0 bridgehead atoms. The van der Waals surface area contributed by atoms with Crippen LogP contribution in [0.1, 0.15) is 35.7 Å². The molecule has 1 atom stereocenters. The van der Waals surface area contributed by atoms with Gasteiger partial charge in [-0.1, -0.05) is 0 Å². The van der Waals surface area contributed by atoms with Gasteiger partial charge in [-0.15, -0.1) is 0 Å². The fraction of sp³-hybridized carbons (Fsp3) is 0.429. The molecular formula is C21H24FN5O7V. The Balaban J connectivity index is 0.000000483. The van der Waals surface area contributed by atoms with Crippen LogP contribution in [-0.4, -0.2) is 54.6 Å². The molecular weight excluding hydrogens is 504 g/mol. The summed E-state index contributed by atoms with van der Waals surface area (Å²) in [5.74, 6) is -4.23. The fourth-order valence-corrected chi connectivity index (χ4v) is 3.61. The number of fused-ring (bicyclic) bond motifs is 1. The van der Waals surface area contributed by atoms with Crippen LogP contribution in [0, 0.1) is 5.82 Å². The number of carboxylic acid groups (broad SMARTS) is 2. The molecule has 12 nitrogen and oxygen atoms in total. The summed E-state index contributed by atoms with van der Waals surface area (Å²) in [6, 6.07) is 1.73. The number of aliphatic carboxylic acids is 1. The van der Waals surface area contributed by atoms with Crippen molar-refractivity contribution >= 4 is 34.4 Å². The van der Waals surface area contributed by atoms with E-state index in [1.165, 1.54) is 12.3 Å². The van der Waals surface area contributed by atoms with Crippen molar-refractivity contribution in [2.24, 2.45) is 11.5 Å². The molecule has 2 heterocycles. The Kier molecular flexibility index (Phi) is 10.9. The largest absolute Gasteiger partial charge is 4.00 e. The van der Waals surface area contributed by atoms with Crippen LogP contribution in [0.15, 0.2) is 23.1 Å². The Hall–Kier alpha value is -2.97. The predicted octanol–water partition coefficient (Wildman–Crippen LogP) is -2.93. The van der Waals surface area contributed by atoms with Crippen molar-refractivity contribution in [3.63, 3.8) is 0 Å². The fourth-order valence-electron chi connectivity index (χ4n) is 3.61. The summed E-state index contributed by atoms with van der Waals surface area (Å²) in [7, 11) is 0. The first-order valence-corrected chi connectivity index (χ1v) is 10.4. The van der Waals surface area contributed by atoms with Crippen LogP contribution < -0.4 is 37.3 Å². The standard InChI is InChI=1S/C17H18FN3O3.C4H8N2O3.O.V/c18-13-7-11-14(8-15(13)20-5-3-19-4-6-20)21(10-1-2-10)9-12(16(11)22)17(23)24;5-2(4(8)9)1-3(6)7;;/h7-10,19H,1-6H2,(H,23,24);2H,1,5H2,(H2,6,7)(H,8,9);;/q;;-2;+4/p-2/t;2-;;/m.0../s1. The van der Waals surface area contributed by atoms with E-state index in [1.54, 1.807) is 10.6 Å². The number of amides is 1. The molecule has 1 aromatic carbocycles. The number of nitrogens with one attached hydrogen (secondary N) is 1. The maximum Gasteiger partial charge on any atom is 4.00 e. The van der Waals surface area contributed by atoms with Gasteiger partial charge in [0.05, 0.1) is 34.7 Å². The molecule has 1 radical (unpaired) electrons. The van der Waals surface area contributed by atoms with E-state index >= 15 is 0 Å². The predicted molar refractivity (Wildman–Crippen MR) is 113 cm³/mol. The van der Waals surface area contributed by atoms with Crippen molar-refractivity contribution in [2.75, 3.05) is 31.1 Å². The van der Waals surface area contributed by atoms with E-state index in [2.05, 4.69) is 11.1 Å². The van der Waals surface area contributed by atoms with Crippen molar-refractivity contribution in [1.29, 1.82) is 0 Å². The minimum Gasteiger partial charge on any atom is -2.00 e. The number of nitrogens with two attached hydrogens (primary N) is 2. The molecule has 2 aliphatic rings. The number of anilines is 1. The summed E-state index contributed by atoms with van der Waals surface area (Å²) >= 11 is 0. The van der Waals surface area contributed by atoms with Gasteiger partial charge in [0.25, 0.3) is 0 Å². The van der Waals surface area contributed by atoms with Gasteiger partial charge in [-0.25, -0.2) is 4.39 Å². The van der Waals surface area contributed by atoms with Gasteiger partial charge in [-0.3, -0.25) is 9.59 Å². The second-order valence-electron chi connectivity index (χ2n) is 7.95. The van der Waals surface area contributed by atoms with Crippen LogP contribution in [0.2, 0.25) is 0 Å². The van der Waals surface area contributed by atoms with Gasteiger partial charge >= 0.3 is 18.6 Å². The summed E-state index contributed by atoms with van der Waals surface area (Å²) in [4.78, 5) is 45.3. The maximum atomic E-state index is 14.6. The van der Waals surface area contributed by atoms with Gasteiger partial charge in [0.15, 0.2) is 5.43 Å². The average molecular weight is 528 g/mol. The molecule has 35 heavy (non-hydrogen) atoms. The Morgan fingerprint density at radius 2 is 1.77 bits per heavy atom. The minimum absolute atomic E-state index is 0. The second-order valence-corrected chi connectivity index (χ2v) is 7.95. The molecule has 1 amide bonds. The number of piperazine rings is 1. The van der Waals surface area contributed by atoms with Crippen LogP contribution in [0.4, 0.5) is 10.1 Å². The van der Waals surface area contributed by atoms with Gasteiger partial charge in [0, 0.05) is 50.2 Å². The van der Waals surface area contributed by atoms with Gasteiger partial charge in [-0.05, 0) is 25.0 Å². The summed E-state index contributed by atoms with van der Waals surface area (Å²) < 4.78 is 16.4. The van der Waals surface area contributed by atoms with Crippen molar-refractivity contribution in [2.45, 2.75) is 31.3 Å². The number of benzene rings is 1. The molecule has 14 heteroatoms. The number of carboxylic acids is 2. The normalized spacial score (nSPS) is 15.7. The Morgan fingerprint density at radius 1 is 1.17 bits per heavy atom. The zero-order valence-corrected chi connectivity index (χ0v) is 20.0. The van der Waals surface area contributed by atoms with E-state index < -0.39 is 40.7 Å². The van der Waals surface area contributed by atoms with Gasteiger partial charge in [0.2, 0.25) is 5.91 Å². The monoisotopic (exact) mass is 528 g/mol. The van der Waals surface area contributed by atoms with Crippen LogP contribution in [-0.2, 0) is 33.6 Å². The third kappa shape index (κ3) is 7.26. The number of rotatable bonds is 6. The molecule has 1 saturated carbocycles. The van der Waals surface area contributed by atoms with Crippen molar-refractivity contribution in [3.8, 4) is 0 Å². The molecule has 2 aromatic rings. The number of nitrogens with zero attached hydrogens (tertiary/aromatic N) is 2. The zero-order valence-electron chi connectivity index (χ0n) is 18.6. The number of pyridine rings is 1.